The van der Waals surface area contributed by atoms with Crippen molar-refractivity contribution in [1.29, 1.82) is 0 Å². The number of aliphatic hydroxyl groups is 1. The zero-order valence-corrected chi connectivity index (χ0v) is 15.9. The van der Waals surface area contributed by atoms with Gasteiger partial charge in [-0.05, 0) is 17.7 Å². The van der Waals surface area contributed by atoms with E-state index in [0.29, 0.717) is 16.1 Å². The van der Waals surface area contributed by atoms with E-state index in [-0.39, 0.29) is 30.3 Å². The van der Waals surface area contributed by atoms with Crippen LogP contribution in [0.25, 0.3) is 5.76 Å². The Morgan fingerprint density at radius 2 is 1.75 bits per heavy atom. The summed E-state index contributed by atoms with van der Waals surface area (Å²) >= 11 is 5.97. The molecule has 0 unspecified atom stereocenters. The zero-order chi connectivity index (χ0) is 20.3. The number of hydrogen-bond donors (Lipinski definition) is 2. The molecule has 2 N–H and O–H groups in total. The maximum atomic E-state index is 12.8. The van der Waals surface area contributed by atoms with Crippen LogP contribution in [0.5, 0.6) is 0 Å². The molecule has 3 rings (SSSR count). The first-order chi connectivity index (χ1) is 13.4. The van der Waals surface area contributed by atoms with Gasteiger partial charge in [-0.15, -0.1) is 0 Å². The zero-order valence-electron chi connectivity index (χ0n) is 15.2. The van der Waals surface area contributed by atoms with Crippen LogP contribution in [0.15, 0.2) is 60.2 Å². The van der Waals surface area contributed by atoms with Crippen molar-refractivity contribution in [3.05, 3.63) is 76.3 Å². The fourth-order valence-electron chi connectivity index (χ4n) is 3.21. The van der Waals surface area contributed by atoms with Gasteiger partial charge in [-0.2, -0.15) is 0 Å². The Hall–Kier alpha value is -3.12. The highest BCUT2D eigenvalue weighted by atomic mass is 35.5. The molecule has 0 aromatic heterocycles. The number of halogens is 1. The van der Waals surface area contributed by atoms with Crippen LogP contribution < -0.4 is 5.32 Å². The Morgan fingerprint density at radius 3 is 2.36 bits per heavy atom. The van der Waals surface area contributed by atoms with Crippen LogP contribution in [0.3, 0.4) is 0 Å². The molecule has 2 amide bonds. The van der Waals surface area contributed by atoms with Crippen molar-refractivity contribution >= 4 is 35.0 Å². The summed E-state index contributed by atoms with van der Waals surface area (Å²) in [6.07, 6.45) is 0. The van der Waals surface area contributed by atoms with Gasteiger partial charge in [0.2, 0.25) is 5.91 Å². The van der Waals surface area contributed by atoms with Crippen molar-refractivity contribution in [3.8, 4) is 0 Å². The molecular weight excluding hydrogens is 380 g/mol. The van der Waals surface area contributed by atoms with Gasteiger partial charge in [-0.1, -0.05) is 54.1 Å². The quantitative estimate of drug-likeness (QED) is 0.460. The van der Waals surface area contributed by atoms with E-state index in [9.17, 15) is 19.5 Å². The first-order valence-corrected chi connectivity index (χ1v) is 9.11. The summed E-state index contributed by atoms with van der Waals surface area (Å²) in [6, 6.07) is 14.6. The van der Waals surface area contributed by atoms with Gasteiger partial charge in [0, 0.05) is 30.6 Å². The lowest BCUT2D eigenvalue weighted by Gasteiger charge is -2.25. The Morgan fingerprint density at radius 1 is 1.11 bits per heavy atom. The summed E-state index contributed by atoms with van der Waals surface area (Å²) in [5.74, 6) is -1.95. The Kier molecular flexibility index (Phi) is 5.80. The van der Waals surface area contributed by atoms with E-state index in [1.54, 1.807) is 54.6 Å². The van der Waals surface area contributed by atoms with Crippen molar-refractivity contribution in [2.24, 2.45) is 0 Å². The number of aliphatic hydroxyl groups excluding tert-OH is 1. The highest BCUT2D eigenvalue weighted by Crippen LogP contribution is 2.39. The molecule has 1 heterocycles. The molecule has 28 heavy (non-hydrogen) atoms. The largest absolute Gasteiger partial charge is 0.507 e. The summed E-state index contributed by atoms with van der Waals surface area (Å²) in [7, 11) is 0. The lowest BCUT2D eigenvalue weighted by molar-refractivity contribution is -0.139. The van der Waals surface area contributed by atoms with Gasteiger partial charge in [0.05, 0.1) is 11.6 Å². The molecular formula is C21H19ClN2O4. The van der Waals surface area contributed by atoms with Crippen molar-refractivity contribution in [1.82, 2.24) is 10.2 Å². The van der Waals surface area contributed by atoms with Gasteiger partial charge in [-0.25, -0.2) is 0 Å². The minimum Gasteiger partial charge on any atom is -0.507 e. The van der Waals surface area contributed by atoms with E-state index in [1.807, 2.05) is 0 Å². The molecule has 0 aliphatic carbocycles. The summed E-state index contributed by atoms with van der Waals surface area (Å²) in [5, 5.41) is 13.9. The van der Waals surface area contributed by atoms with Crippen LogP contribution in [0, 0.1) is 0 Å². The predicted molar refractivity (Wildman–Crippen MR) is 106 cm³/mol. The van der Waals surface area contributed by atoms with Crippen molar-refractivity contribution in [2.45, 2.75) is 13.0 Å². The first kappa shape index (κ1) is 19.6. The van der Waals surface area contributed by atoms with E-state index in [4.69, 9.17) is 11.6 Å². The Bertz CT molecular complexity index is 939. The number of carbonyl (C=O) groups is 3. The van der Waals surface area contributed by atoms with Crippen LogP contribution in [0.4, 0.5) is 0 Å². The Labute approximate surface area is 167 Å². The number of hydrogen-bond acceptors (Lipinski definition) is 4. The molecule has 0 spiro atoms. The topological polar surface area (TPSA) is 86.7 Å². The molecule has 1 aliphatic rings. The second-order valence-corrected chi connectivity index (χ2v) is 6.83. The molecule has 144 valence electrons. The second-order valence-electron chi connectivity index (χ2n) is 6.39. The molecule has 1 saturated heterocycles. The van der Waals surface area contributed by atoms with E-state index in [0.717, 1.165) is 0 Å². The number of nitrogens with one attached hydrogen (secondary N) is 1. The third-order valence-electron chi connectivity index (χ3n) is 4.50. The summed E-state index contributed by atoms with van der Waals surface area (Å²) in [4.78, 5) is 37.9. The third kappa shape index (κ3) is 3.92. The average molecular weight is 399 g/mol. The monoisotopic (exact) mass is 398 g/mol. The number of benzene rings is 2. The molecule has 1 aliphatic heterocycles. The van der Waals surface area contributed by atoms with Crippen LogP contribution in [0.2, 0.25) is 5.02 Å². The standard InChI is InChI=1S/C21H19ClN2O4/c1-13(25)23-11-12-24-18(14-7-9-16(22)10-8-14)17(20(27)21(24)28)19(26)15-5-3-2-4-6-15/h2-10,18,26H,11-12H2,1H3,(H,23,25)/b19-17+/t18-/m0/s1. The number of nitrogens with zero attached hydrogens (tertiary/aromatic N) is 1. The van der Waals surface area contributed by atoms with E-state index < -0.39 is 17.7 Å². The van der Waals surface area contributed by atoms with Gasteiger partial charge in [0.15, 0.2) is 0 Å². The minimum atomic E-state index is -0.772. The molecule has 2 aromatic rings. The van der Waals surface area contributed by atoms with E-state index >= 15 is 0 Å². The lowest BCUT2D eigenvalue weighted by Crippen LogP contribution is -2.37. The van der Waals surface area contributed by atoms with Gasteiger partial charge in [-0.3, -0.25) is 14.4 Å². The minimum absolute atomic E-state index is 0.0151. The van der Waals surface area contributed by atoms with Gasteiger partial charge >= 0.3 is 0 Å². The molecule has 0 saturated carbocycles. The molecule has 2 aromatic carbocycles. The van der Waals surface area contributed by atoms with Crippen LogP contribution in [-0.2, 0) is 14.4 Å². The lowest BCUT2D eigenvalue weighted by atomic mass is 9.95. The van der Waals surface area contributed by atoms with Crippen molar-refractivity contribution in [2.75, 3.05) is 13.1 Å². The van der Waals surface area contributed by atoms with Crippen molar-refractivity contribution in [3.63, 3.8) is 0 Å². The smallest absolute Gasteiger partial charge is 0.295 e. The molecule has 0 radical (unpaired) electrons. The molecule has 6 nitrogen and oxygen atoms in total. The molecule has 0 bridgehead atoms. The number of carbonyl (C=O) groups excluding carboxylic acids is 3. The Balaban J connectivity index is 2.08. The highest BCUT2D eigenvalue weighted by molar-refractivity contribution is 6.46. The number of ketones is 1. The number of Topliss-reactive ketones (excluding diaryl/α,β-unsaturated/α-hetero) is 1. The maximum Gasteiger partial charge on any atom is 0.295 e. The SMILES string of the molecule is CC(=O)NCCN1C(=O)C(=O)/C(=C(/O)c2ccccc2)[C@@H]1c1ccc(Cl)cc1. The van der Waals surface area contributed by atoms with Crippen LogP contribution in [-0.4, -0.2) is 40.7 Å². The number of likely N-dealkylation sites (tertiary alicyclic amines) is 1. The van der Waals surface area contributed by atoms with E-state index in [2.05, 4.69) is 5.32 Å². The fraction of sp³-hybridized carbons (Fsp3) is 0.190. The molecule has 7 heteroatoms. The summed E-state index contributed by atoms with van der Waals surface area (Å²) < 4.78 is 0. The van der Waals surface area contributed by atoms with Gasteiger partial charge in [0.25, 0.3) is 11.7 Å². The normalized spacial score (nSPS) is 18.4. The van der Waals surface area contributed by atoms with Gasteiger partial charge < -0.3 is 15.3 Å². The molecule has 1 fully saturated rings. The van der Waals surface area contributed by atoms with Crippen molar-refractivity contribution < 1.29 is 19.5 Å². The highest BCUT2D eigenvalue weighted by Gasteiger charge is 2.45. The van der Waals surface area contributed by atoms with Gasteiger partial charge in [0.1, 0.15) is 5.76 Å². The number of rotatable bonds is 5. The fourth-order valence-corrected chi connectivity index (χ4v) is 3.33. The average Bonchev–Trinajstić information content (AvgIpc) is 2.93. The maximum absolute atomic E-state index is 12.8. The third-order valence-corrected chi connectivity index (χ3v) is 4.75. The summed E-state index contributed by atoms with van der Waals surface area (Å²) in [6.45, 7) is 1.70. The predicted octanol–water partition coefficient (Wildman–Crippen LogP) is 2.90. The van der Waals surface area contributed by atoms with Crippen LogP contribution >= 0.6 is 11.6 Å². The van der Waals surface area contributed by atoms with Crippen LogP contribution in [0.1, 0.15) is 24.1 Å². The number of amides is 2. The summed E-state index contributed by atoms with van der Waals surface area (Å²) in [5.41, 5.74) is 1.10. The second kappa shape index (κ2) is 8.27. The first-order valence-electron chi connectivity index (χ1n) is 8.74. The molecule has 1 atom stereocenters. The van der Waals surface area contributed by atoms with E-state index in [1.165, 1.54) is 11.8 Å².